The molecule has 1 aromatic carbocycles. The van der Waals surface area contributed by atoms with Crippen molar-refractivity contribution >= 4 is 17.5 Å². The molecule has 1 saturated heterocycles. The van der Waals surface area contributed by atoms with Crippen molar-refractivity contribution in [1.82, 2.24) is 10.6 Å². The van der Waals surface area contributed by atoms with Gasteiger partial charge in [-0.05, 0) is 12.1 Å². The number of benzene rings is 1. The van der Waals surface area contributed by atoms with Crippen LogP contribution in [0.15, 0.2) is 18.2 Å². The van der Waals surface area contributed by atoms with Gasteiger partial charge in [0.05, 0.1) is 6.42 Å². The van der Waals surface area contributed by atoms with Crippen LogP contribution in [0.3, 0.4) is 0 Å². The fourth-order valence-corrected chi connectivity index (χ4v) is 1.96. The quantitative estimate of drug-likeness (QED) is 0.747. The predicted molar refractivity (Wildman–Crippen MR) is 65.9 cm³/mol. The highest BCUT2D eigenvalue weighted by atomic mass is 35.5. The molecule has 1 aliphatic heterocycles. The maximum absolute atomic E-state index is 13.4. The second-order valence-corrected chi connectivity index (χ2v) is 4.89. The van der Waals surface area contributed by atoms with Gasteiger partial charge in [0.25, 0.3) is 0 Å². The van der Waals surface area contributed by atoms with Crippen molar-refractivity contribution < 1.29 is 14.3 Å². The number of β-amino-alcohol motifs (C(OH)–C–C–N with tert-alkyl or cyclic N) is 1. The SMILES string of the molecule is O=C(Cc1c(F)cccc1Cl)NCC1(O)CNC1. The lowest BCUT2D eigenvalue weighted by Gasteiger charge is -2.37. The lowest BCUT2D eigenvalue weighted by molar-refractivity contribution is -0.122. The molecule has 3 N–H and O–H groups in total. The van der Waals surface area contributed by atoms with Gasteiger partial charge in [0.15, 0.2) is 0 Å². The van der Waals surface area contributed by atoms with Gasteiger partial charge in [0, 0.05) is 30.2 Å². The van der Waals surface area contributed by atoms with Gasteiger partial charge in [-0.3, -0.25) is 4.79 Å². The highest BCUT2D eigenvalue weighted by molar-refractivity contribution is 6.31. The second kappa shape index (κ2) is 5.22. The molecule has 1 heterocycles. The lowest BCUT2D eigenvalue weighted by atomic mass is 9.97. The molecule has 0 radical (unpaired) electrons. The first-order valence-electron chi connectivity index (χ1n) is 5.63. The van der Waals surface area contributed by atoms with Crippen molar-refractivity contribution in [2.75, 3.05) is 19.6 Å². The Morgan fingerprint density at radius 1 is 1.56 bits per heavy atom. The number of hydrogen-bond donors (Lipinski definition) is 3. The summed E-state index contributed by atoms with van der Waals surface area (Å²) in [5.41, 5.74) is -0.704. The first-order valence-corrected chi connectivity index (χ1v) is 6.01. The third-order valence-electron chi connectivity index (χ3n) is 2.92. The van der Waals surface area contributed by atoms with E-state index in [4.69, 9.17) is 11.6 Å². The predicted octanol–water partition coefficient (Wildman–Crippen LogP) is 0.472. The van der Waals surface area contributed by atoms with Crippen molar-refractivity contribution in [1.29, 1.82) is 0 Å². The van der Waals surface area contributed by atoms with Gasteiger partial charge < -0.3 is 15.7 Å². The molecule has 0 unspecified atom stereocenters. The Labute approximate surface area is 109 Å². The first kappa shape index (κ1) is 13.3. The Kier molecular flexibility index (Phi) is 3.85. The molecule has 1 aromatic rings. The van der Waals surface area contributed by atoms with Crippen LogP contribution in [0.2, 0.25) is 5.02 Å². The monoisotopic (exact) mass is 272 g/mol. The maximum Gasteiger partial charge on any atom is 0.224 e. The largest absolute Gasteiger partial charge is 0.385 e. The molecule has 6 heteroatoms. The molecule has 1 aliphatic rings. The van der Waals surface area contributed by atoms with Gasteiger partial charge in [0.1, 0.15) is 11.4 Å². The Balaban J connectivity index is 1.91. The molecule has 0 atom stereocenters. The summed E-state index contributed by atoms with van der Waals surface area (Å²) in [7, 11) is 0. The summed E-state index contributed by atoms with van der Waals surface area (Å²) in [6.07, 6.45) is -0.130. The topological polar surface area (TPSA) is 61.4 Å². The van der Waals surface area contributed by atoms with E-state index in [2.05, 4.69) is 10.6 Å². The number of rotatable bonds is 4. The van der Waals surface area contributed by atoms with Crippen molar-refractivity contribution in [3.05, 3.63) is 34.6 Å². The zero-order valence-corrected chi connectivity index (χ0v) is 10.4. The molecular formula is C12H14ClFN2O2. The van der Waals surface area contributed by atoms with Crippen molar-refractivity contribution in [2.24, 2.45) is 0 Å². The zero-order valence-electron chi connectivity index (χ0n) is 9.67. The minimum atomic E-state index is -0.880. The molecule has 98 valence electrons. The number of aliphatic hydroxyl groups is 1. The van der Waals surface area contributed by atoms with Gasteiger partial charge in [0.2, 0.25) is 5.91 Å². The van der Waals surface area contributed by atoms with Crippen LogP contribution >= 0.6 is 11.6 Å². The van der Waals surface area contributed by atoms with E-state index in [1.807, 2.05) is 0 Å². The summed E-state index contributed by atoms with van der Waals surface area (Å²) in [6.45, 7) is 1.06. The fourth-order valence-electron chi connectivity index (χ4n) is 1.73. The third kappa shape index (κ3) is 2.98. The fraction of sp³-hybridized carbons (Fsp3) is 0.417. The number of hydrogen-bond acceptors (Lipinski definition) is 3. The molecule has 4 nitrogen and oxygen atoms in total. The van der Waals surface area contributed by atoms with Crippen molar-refractivity contribution in [3.8, 4) is 0 Å². The summed E-state index contributed by atoms with van der Waals surface area (Å²) in [4.78, 5) is 11.6. The highest BCUT2D eigenvalue weighted by Gasteiger charge is 2.34. The Hall–Kier alpha value is -1.17. The normalized spacial score (nSPS) is 17.1. The van der Waals surface area contributed by atoms with Crippen molar-refractivity contribution in [2.45, 2.75) is 12.0 Å². The van der Waals surface area contributed by atoms with Gasteiger partial charge >= 0.3 is 0 Å². The maximum atomic E-state index is 13.4. The molecule has 1 amide bonds. The summed E-state index contributed by atoms with van der Waals surface area (Å²) in [5.74, 6) is -0.857. The number of amides is 1. The second-order valence-electron chi connectivity index (χ2n) is 4.48. The van der Waals surface area contributed by atoms with Crippen LogP contribution in [0.1, 0.15) is 5.56 Å². The molecule has 18 heavy (non-hydrogen) atoms. The Morgan fingerprint density at radius 3 is 2.83 bits per heavy atom. The third-order valence-corrected chi connectivity index (χ3v) is 3.28. The molecule has 1 fully saturated rings. The summed E-state index contributed by atoms with van der Waals surface area (Å²) in [5, 5.41) is 15.5. The molecule has 0 spiro atoms. The summed E-state index contributed by atoms with van der Waals surface area (Å²) >= 11 is 5.82. The minimum Gasteiger partial charge on any atom is -0.385 e. The van der Waals surface area contributed by atoms with E-state index in [-0.39, 0.29) is 29.5 Å². The van der Waals surface area contributed by atoms with E-state index in [0.717, 1.165) is 0 Å². The standard InChI is InChI=1S/C12H14ClFN2O2/c13-9-2-1-3-10(14)8(9)4-11(17)16-7-12(18)5-15-6-12/h1-3,15,18H,4-7H2,(H,16,17). The van der Waals surface area contributed by atoms with Crippen LogP contribution < -0.4 is 10.6 Å². The highest BCUT2D eigenvalue weighted by Crippen LogP contribution is 2.19. The van der Waals surface area contributed by atoms with Gasteiger partial charge in [-0.1, -0.05) is 17.7 Å². The van der Waals surface area contributed by atoms with E-state index < -0.39 is 11.4 Å². The average molecular weight is 273 g/mol. The average Bonchev–Trinajstić information content (AvgIpc) is 2.29. The van der Waals surface area contributed by atoms with E-state index in [9.17, 15) is 14.3 Å². The molecule has 0 aromatic heterocycles. The lowest BCUT2D eigenvalue weighted by Crippen LogP contribution is -2.64. The van der Waals surface area contributed by atoms with Crippen LogP contribution in [0.25, 0.3) is 0 Å². The number of halogens is 2. The van der Waals surface area contributed by atoms with Crippen LogP contribution in [0.4, 0.5) is 4.39 Å². The molecular weight excluding hydrogens is 259 g/mol. The van der Waals surface area contributed by atoms with Crippen LogP contribution in [-0.2, 0) is 11.2 Å². The number of nitrogens with one attached hydrogen (secondary N) is 2. The van der Waals surface area contributed by atoms with Gasteiger partial charge in [-0.15, -0.1) is 0 Å². The smallest absolute Gasteiger partial charge is 0.224 e. The first-order chi connectivity index (χ1) is 8.50. The zero-order chi connectivity index (χ0) is 13.2. The van der Waals surface area contributed by atoms with Crippen LogP contribution in [-0.4, -0.2) is 36.2 Å². The van der Waals surface area contributed by atoms with E-state index in [1.54, 1.807) is 0 Å². The van der Waals surface area contributed by atoms with Crippen LogP contribution in [0.5, 0.6) is 0 Å². The van der Waals surface area contributed by atoms with E-state index >= 15 is 0 Å². The van der Waals surface area contributed by atoms with E-state index in [0.29, 0.717) is 13.1 Å². The van der Waals surface area contributed by atoms with Crippen molar-refractivity contribution in [3.63, 3.8) is 0 Å². The number of carbonyl (C=O) groups is 1. The van der Waals surface area contributed by atoms with Crippen LogP contribution in [0, 0.1) is 5.82 Å². The van der Waals surface area contributed by atoms with Gasteiger partial charge in [-0.2, -0.15) is 0 Å². The van der Waals surface area contributed by atoms with E-state index in [1.165, 1.54) is 18.2 Å². The van der Waals surface area contributed by atoms with Gasteiger partial charge in [-0.25, -0.2) is 4.39 Å². The molecule has 2 rings (SSSR count). The number of carbonyl (C=O) groups excluding carboxylic acids is 1. The summed E-state index contributed by atoms with van der Waals surface area (Å²) in [6, 6.07) is 4.29. The molecule has 0 aliphatic carbocycles. The Morgan fingerprint density at radius 2 is 2.28 bits per heavy atom. The molecule has 0 bridgehead atoms. The summed E-state index contributed by atoms with van der Waals surface area (Å²) < 4.78 is 13.4. The molecule has 0 saturated carbocycles. The minimum absolute atomic E-state index is 0.130. The Bertz CT molecular complexity index is 443.